The van der Waals surface area contributed by atoms with E-state index in [0.717, 1.165) is 25.7 Å². The van der Waals surface area contributed by atoms with Gasteiger partial charge in [0.25, 0.3) is 0 Å². The van der Waals surface area contributed by atoms with Crippen LogP contribution in [0.25, 0.3) is 0 Å². The summed E-state index contributed by atoms with van der Waals surface area (Å²) in [6.45, 7) is 1.15. The van der Waals surface area contributed by atoms with Gasteiger partial charge in [-0.1, -0.05) is 24.6 Å². The molecule has 0 bridgehead atoms. The zero-order valence-corrected chi connectivity index (χ0v) is 20.9. The highest BCUT2D eigenvalue weighted by Gasteiger charge is 2.48. The first-order valence-electron chi connectivity index (χ1n) is 12.4. The van der Waals surface area contributed by atoms with Crippen LogP contribution in [0.2, 0.25) is 0 Å². The first kappa shape index (κ1) is 25.1. The average molecular weight is 530 g/mol. The third-order valence-corrected chi connectivity index (χ3v) is 8.33. The number of imide groups is 1. The van der Waals surface area contributed by atoms with Gasteiger partial charge >= 0.3 is 12.1 Å². The van der Waals surface area contributed by atoms with Crippen molar-refractivity contribution in [3.63, 3.8) is 0 Å². The lowest BCUT2D eigenvalue weighted by atomic mass is 9.81. The third-order valence-electron chi connectivity index (χ3n) is 7.02. The average Bonchev–Trinajstić information content (AvgIpc) is 3.45. The molecule has 0 spiro atoms. The summed E-state index contributed by atoms with van der Waals surface area (Å²) in [4.78, 5) is 56.0. The number of aromatic nitrogens is 5. The molecule has 37 heavy (non-hydrogen) atoms. The molecule has 1 aliphatic carbocycles. The molecule has 3 aliphatic rings. The highest BCUT2D eigenvalue weighted by Crippen LogP contribution is 2.40. The fourth-order valence-electron chi connectivity index (χ4n) is 5.06. The lowest BCUT2D eigenvalue weighted by molar-refractivity contribution is -0.137. The minimum Gasteiger partial charge on any atom is -0.481 e. The minimum atomic E-state index is -0.918. The smallest absolute Gasteiger partial charge is 0.416 e. The summed E-state index contributed by atoms with van der Waals surface area (Å²) in [6.07, 6.45) is 5.60. The number of piperidine rings is 1. The molecule has 1 N–H and O–H groups in total. The lowest BCUT2D eigenvalue weighted by Crippen LogP contribution is -2.41. The number of tetrazole rings is 1. The second-order valence-electron chi connectivity index (χ2n) is 9.36. The standard InChI is InChI=1S/C23H27N7O6S/c31-19(32)9-12-29-22(25-26-27-29)37-15-7-10-28(11-8-15)23(35)36-18-6-5-14(13-24-18)30-20(33)16-3-1-2-4-17(16)21(30)34/h5-6,13,15-17H,1-4,7-12H2,(H,31,32). The third kappa shape index (κ3) is 5.43. The number of carboxylic acid groups (broad SMARTS) is 1. The molecule has 2 aromatic heterocycles. The monoisotopic (exact) mass is 529 g/mol. The Labute approximate surface area is 216 Å². The normalized spacial score (nSPS) is 22.3. The molecule has 1 saturated carbocycles. The van der Waals surface area contributed by atoms with E-state index in [0.29, 0.717) is 36.8 Å². The van der Waals surface area contributed by atoms with Gasteiger partial charge in [0.2, 0.25) is 22.9 Å². The number of hydrogen-bond donors (Lipinski definition) is 1. The molecule has 5 rings (SSSR count). The molecule has 0 aromatic carbocycles. The summed E-state index contributed by atoms with van der Waals surface area (Å²) in [5.41, 5.74) is 0.396. The molecule has 0 radical (unpaired) electrons. The van der Waals surface area contributed by atoms with Crippen molar-refractivity contribution in [2.24, 2.45) is 11.8 Å². The van der Waals surface area contributed by atoms with Gasteiger partial charge in [0.15, 0.2) is 0 Å². The number of carboxylic acids is 1. The van der Waals surface area contributed by atoms with Gasteiger partial charge in [-0.25, -0.2) is 19.4 Å². The fourth-order valence-corrected chi connectivity index (χ4v) is 6.14. The number of anilines is 1. The van der Waals surface area contributed by atoms with Crippen LogP contribution in [0.5, 0.6) is 5.88 Å². The Balaban J connectivity index is 1.12. The number of nitrogens with zero attached hydrogens (tertiary/aromatic N) is 7. The Kier molecular flexibility index (Phi) is 7.35. The molecule has 3 amide bonds. The van der Waals surface area contributed by atoms with Crippen molar-refractivity contribution in [2.75, 3.05) is 18.0 Å². The SMILES string of the molecule is O=C(O)CCn1nnnc1SC1CCN(C(=O)Oc2ccc(N3C(=O)C4CCCCC4C3=O)cn2)CC1. The molecule has 3 fully saturated rings. The summed E-state index contributed by atoms with van der Waals surface area (Å²) in [6, 6.07) is 3.08. The number of carbonyl (C=O) groups excluding carboxylic acids is 3. The molecular weight excluding hydrogens is 502 g/mol. The first-order valence-corrected chi connectivity index (χ1v) is 13.2. The van der Waals surface area contributed by atoms with Crippen molar-refractivity contribution in [2.45, 2.75) is 61.9 Å². The van der Waals surface area contributed by atoms with Crippen molar-refractivity contribution in [3.05, 3.63) is 18.3 Å². The van der Waals surface area contributed by atoms with E-state index in [-0.39, 0.29) is 47.7 Å². The number of pyridine rings is 1. The maximum Gasteiger partial charge on any atom is 0.416 e. The Bertz CT molecular complexity index is 1160. The highest BCUT2D eigenvalue weighted by atomic mass is 32.2. The van der Waals surface area contributed by atoms with E-state index in [9.17, 15) is 19.2 Å². The van der Waals surface area contributed by atoms with Crippen LogP contribution in [-0.2, 0) is 20.9 Å². The van der Waals surface area contributed by atoms with Crippen molar-refractivity contribution in [1.82, 2.24) is 30.1 Å². The number of amides is 3. The van der Waals surface area contributed by atoms with Gasteiger partial charge in [-0.3, -0.25) is 14.4 Å². The molecule has 14 heteroatoms. The number of carbonyl (C=O) groups is 4. The number of ether oxygens (including phenoxy) is 1. The molecule has 2 aromatic rings. The van der Waals surface area contributed by atoms with E-state index in [1.807, 2.05) is 0 Å². The Morgan fingerprint density at radius 3 is 2.38 bits per heavy atom. The van der Waals surface area contributed by atoms with Crippen LogP contribution in [0.4, 0.5) is 10.5 Å². The number of aryl methyl sites for hydroxylation is 1. The Morgan fingerprint density at radius 2 is 1.76 bits per heavy atom. The van der Waals surface area contributed by atoms with Crippen molar-refractivity contribution >= 4 is 41.3 Å². The molecule has 13 nitrogen and oxygen atoms in total. The number of rotatable bonds is 7. The topological polar surface area (TPSA) is 161 Å². The molecule has 196 valence electrons. The summed E-state index contributed by atoms with van der Waals surface area (Å²) in [7, 11) is 0. The Hall–Kier alpha value is -3.55. The number of aliphatic carboxylic acids is 1. The van der Waals surface area contributed by atoms with Gasteiger partial charge in [0.05, 0.1) is 36.7 Å². The first-order chi connectivity index (χ1) is 17.9. The van der Waals surface area contributed by atoms with Crippen molar-refractivity contribution in [1.29, 1.82) is 0 Å². The Morgan fingerprint density at radius 1 is 1.05 bits per heavy atom. The van der Waals surface area contributed by atoms with E-state index < -0.39 is 12.1 Å². The van der Waals surface area contributed by atoms with E-state index in [1.165, 1.54) is 33.6 Å². The second kappa shape index (κ2) is 10.8. The summed E-state index contributed by atoms with van der Waals surface area (Å²) in [5.74, 6) is -1.64. The van der Waals surface area contributed by atoms with Gasteiger partial charge in [0.1, 0.15) is 0 Å². The maximum absolute atomic E-state index is 12.8. The van der Waals surface area contributed by atoms with Crippen molar-refractivity contribution < 1.29 is 29.0 Å². The van der Waals surface area contributed by atoms with Crippen LogP contribution in [0.1, 0.15) is 44.9 Å². The zero-order chi connectivity index (χ0) is 25.9. The van der Waals surface area contributed by atoms with E-state index in [2.05, 4.69) is 20.5 Å². The molecule has 4 heterocycles. The largest absolute Gasteiger partial charge is 0.481 e. The highest BCUT2D eigenvalue weighted by molar-refractivity contribution is 7.99. The zero-order valence-electron chi connectivity index (χ0n) is 20.1. The summed E-state index contributed by atoms with van der Waals surface area (Å²) in [5, 5.41) is 21.0. The van der Waals surface area contributed by atoms with Crippen LogP contribution in [0.3, 0.4) is 0 Å². The van der Waals surface area contributed by atoms with Crippen LogP contribution >= 0.6 is 11.8 Å². The minimum absolute atomic E-state index is 0.0659. The van der Waals surface area contributed by atoms with E-state index in [4.69, 9.17) is 9.84 Å². The molecular formula is C23H27N7O6S. The number of fused-ring (bicyclic) bond motifs is 1. The maximum atomic E-state index is 12.8. The van der Waals surface area contributed by atoms with Gasteiger partial charge in [0, 0.05) is 24.4 Å². The van der Waals surface area contributed by atoms with Crippen LogP contribution < -0.4 is 9.64 Å². The summed E-state index contributed by atoms with van der Waals surface area (Å²) >= 11 is 1.47. The fraction of sp³-hybridized carbons (Fsp3) is 0.565. The number of hydrogen-bond acceptors (Lipinski definition) is 10. The van der Waals surface area contributed by atoms with Crippen LogP contribution in [-0.4, -0.2) is 77.4 Å². The predicted octanol–water partition coefficient (Wildman–Crippen LogP) is 1.98. The van der Waals surface area contributed by atoms with Crippen LogP contribution in [0.15, 0.2) is 23.5 Å². The molecule has 2 atom stereocenters. The number of likely N-dealkylation sites (tertiary alicyclic amines) is 1. The van der Waals surface area contributed by atoms with Gasteiger partial charge in [-0.2, -0.15) is 0 Å². The lowest BCUT2D eigenvalue weighted by Gasteiger charge is -2.30. The predicted molar refractivity (Wildman–Crippen MR) is 129 cm³/mol. The van der Waals surface area contributed by atoms with Gasteiger partial charge in [-0.15, -0.1) is 5.10 Å². The molecule has 2 saturated heterocycles. The van der Waals surface area contributed by atoms with Crippen molar-refractivity contribution in [3.8, 4) is 5.88 Å². The van der Waals surface area contributed by atoms with Gasteiger partial charge < -0.3 is 14.7 Å². The molecule has 2 unspecified atom stereocenters. The molecule has 2 aliphatic heterocycles. The van der Waals surface area contributed by atoms with Gasteiger partial charge in [-0.05, 0) is 42.2 Å². The second-order valence-corrected chi connectivity index (χ2v) is 10.6. The quantitative estimate of drug-likeness (QED) is 0.522. The van der Waals surface area contributed by atoms with E-state index >= 15 is 0 Å². The number of thioether (sulfide) groups is 1. The van der Waals surface area contributed by atoms with Crippen LogP contribution in [0, 0.1) is 11.8 Å². The summed E-state index contributed by atoms with van der Waals surface area (Å²) < 4.78 is 6.90. The van der Waals surface area contributed by atoms with E-state index in [1.54, 1.807) is 11.0 Å².